The number of aromatic nitrogens is 2. The smallest absolute Gasteiger partial charge is 0.155 e. The molecular weight excluding hydrogens is 198 g/mol. The molecule has 0 aliphatic heterocycles. The monoisotopic (exact) mass is 213 g/mol. The highest BCUT2D eigenvalue weighted by Crippen LogP contribution is 2.22. The lowest BCUT2D eigenvalue weighted by molar-refractivity contribution is 0.409. The van der Waals surface area contributed by atoms with Crippen LogP contribution in [0.4, 0.5) is 0 Å². The molecule has 0 aliphatic rings. The van der Waals surface area contributed by atoms with Crippen LogP contribution < -0.4 is 9.88 Å². The minimum Gasteiger partial charge on any atom is -0.494 e. The molecule has 78 valence electrons. The minimum absolute atomic E-state index is 0.246. The molecule has 4 nitrogen and oxygen atoms in total. The van der Waals surface area contributed by atoms with Crippen LogP contribution in [0.5, 0.6) is 5.75 Å². The van der Waals surface area contributed by atoms with Crippen LogP contribution in [0.25, 0.3) is 0 Å². The topological polar surface area (TPSA) is 61.0 Å². The van der Waals surface area contributed by atoms with Gasteiger partial charge in [0.25, 0.3) is 0 Å². The number of hydrogen-bond donors (Lipinski definition) is 1. The third-order valence-corrected chi connectivity index (χ3v) is 3.05. The SMILES string of the molecule is COc1cnc(C(C)C(C)SN)nc1. The first kappa shape index (κ1) is 11.3. The van der Waals surface area contributed by atoms with E-state index >= 15 is 0 Å². The van der Waals surface area contributed by atoms with Crippen LogP contribution in [0.1, 0.15) is 25.6 Å². The van der Waals surface area contributed by atoms with E-state index in [2.05, 4.69) is 23.8 Å². The minimum atomic E-state index is 0.246. The van der Waals surface area contributed by atoms with Gasteiger partial charge in [-0.05, 0) is 0 Å². The number of nitrogens with zero attached hydrogens (tertiary/aromatic N) is 2. The number of nitrogens with two attached hydrogens (primary N) is 1. The average molecular weight is 213 g/mol. The van der Waals surface area contributed by atoms with Crippen molar-refractivity contribution in [3.63, 3.8) is 0 Å². The standard InChI is InChI=1S/C9H15N3OS/c1-6(7(2)14-10)9-11-4-8(13-3)5-12-9/h4-7H,10H2,1-3H3. The summed E-state index contributed by atoms with van der Waals surface area (Å²) in [5, 5.41) is 5.81. The first-order valence-corrected chi connectivity index (χ1v) is 5.34. The molecule has 0 aliphatic carbocycles. The Balaban J connectivity index is 2.75. The molecule has 0 bridgehead atoms. The molecule has 0 fully saturated rings. The highest BCUT2D eigenvalue weighted by molar-refractivity contribution is 7.97. The van der Waals surface area contributed by atoms with Crippen molar-refractivity contribution in [2.24, 2.45) is 5.14 Å². The molecule has 2 unspecified atom stereocenters. The molecule has 1 aromatic heterocycles. The molecule has 2 atom stereocenters. The summed E-state index contributed by atoms with van der Waals surface area (Å²) in [7, 11) is 1.60. The fourth-order valence-electron chi connectivity index (χ4n) is 0.995. The molecule has 0 aromatic carbocycles. The predicted octanol–water partition coefficient (Wildman–Crippen LogP) is 1.58. The highest BCUT2D eigenvalue weighted by atomic mass is 32.2. The van der Waals surface area contributed by atoms with Crippen molar-refractivity contribution in [2.75, 3.05) is 7.11 Å². The first-order chi connectivity index (χ1) is 6.69. The molecule has 1 aromatic rings. The van der Waals surface area contributed by atoms with Gasteiger partial charge in [0.2, 0.25) is 0 Å². The maximum atomic E-state index is 5.50. The Bertz CT molecular complexity index is 278. The van der Waals surface area contributed by atoms with Gasteiger partial charge in [-0.1, -0.05) is 25.8 Å². The van der Waals surface area contributed by atoms with Crippen LogP contribution in [-0.4, -0.2) is 22.3 Å². The van der Waals surface area contributed by atoms with E-state index in [4.69, 9.17) is 9.88 Å². The van der Waals surface area contributed by atoms with E-state index < -0.39 is 0 Å². The summed E-state index contributed by atoms with van der Waals surface area (Å²) in [5.41, 5.74) is 0. The van der Waals surface area contributed by atoms with E-state index in [1.54, 1.807) is 19.5 Å². The van der Waals surface area contributed by atoms with Crippen LogP contribution in [-0.2, 0) is 0 Å². The van der Waals surface area contributed by atoms with Gasteiger partial charge in [-0.15, -0.1) is 0 Å². The lowest BCUT2D eigenvalue weighted by Crippen LogP contribution is -2.13. The Kier molecular flexibility index (Phi) is 4.16. The molecule has 0 radical (unpaired) electrons. The van der Waals surface area contributed by atoms with Gasteiger partial charge in [-0.25, -0.2) is 9.97 Å². The molecule has 0 saturated carbocycles. The van der Waals surface area contributed by atoms with Gasteiger partial charge in [-0.2, -0.15) is 0 Å². The van der Waals surface area contributed by atoms with Gasteiger partial charge in [-0.3, -0.25) is 5.14 Å². The van der Waals surface area contributed by atoms with Crippen molar-refractivity contribution in [2.45, 2.75) is 25.0 Å². The largest absolute Gasteiger partial charge is 0.494 e. The second kappa shape index (κ2) is 5.17. The molecule has 2 N–H and O–H groups in total. The van der Waals surface area contributed by atoms with E-state index in [0.29, 0.717) is 11.0 Å². The van der Waals surface area contributed by atoms with Crippen LogP contribution in [0.15, 0.2) is 12.4 Å². The summed E-state index contributed by atoms with van der Waals surface area (Å²) in [6.07, 6.45) is 3.35. The Hall–Kier alpha value is -0.810. The molecular formula is C9H15N3OS. The van der Waals surface area contributed by atoms with E-state index in [9.17, 15) is 0 Å². The number of methoxy groups -OCH3 is 1. The molecule has 1 heterocycles. The Morgan fingerprint density at radius 1 is 1.36 bits per heavy atom. The first-order valence-electron chi connectivity index (χ1n) is 4.40. The molecule has 0 amide bonds. The second-order valence-corrected chi connectivity index (χ2v) is 4.13. The van der Waals surface area contributed by atoms with E-state index in [1.807, 2.05) is 0 Å². The van der Waals surface area contributed by atoms with Gasteiger partial charge >= 0.3 is 0 Å². The normalized spacial score (nSPS) is 14.9. The van der Waals surface area contributed by atoms with Gasteiger partial charge < -0.3 is 4.74 Å². The van der Waals surface area contributed by atoms with Crippen LogP contribution in [0.2, 0.25) is 0 Å². The maximum absolute atomic E-state index is 5.50. The number of rotatable bonds is 4. The Labute approximate surface area is 88.4 Å². The van der Waals surface area contributed by atoms with Gasteiger partial charge in [0.15, 0.2) is 5.75 Å². The molecule has 5 heteroatoms. The quantitative estimate of drug-likeness (QED) is 0.769. The van der Waals surface area contributed by atoms with Crippen molar-refractivity contribution in [3.8, 4) is 5.75 Å². The number of hydrogen-bond acceptors (Lipinski definition) is 5. The zero-order valence-corrected chi connectivity index (χ0v) is 9.41. The fraction of sp³-hybridized carbons (Fsp3) is 0.556. The van der Waals surface area contributed by atoms with Gasteiger partial charge in [0, 0.05) is 11.2 Å². The van der Waals surface area contributed by atoms with E-state index in [0.717, 1.165) is 5.82 Å². The molecule has 0 saturated heterocycles. The third-order valence-electron chi connectivity index (χ3n) is 2.21. The van der Waals surface area contributed by atoms with Crippen LogP contribution in [0.3, 0.4) is 0 Å². The van der Waals surface area contributed by atoms with Gasteiger partial charge in [0.05, 0.1) is 19.5 Å². The molecule has 14 heavy (non-hydrogen) atoms. The van der Waals surface area contributed by atoms with E-state index in [-0.39, 0.29) is 5.92 Å². The second-order valence-electron chi connectivity index (χ2n) is 3.11. The van der Waals surface area contributed by atoms with Crippen molar-refractivity contribution >= 4 is 11.9 Å². The summed E-state index contributed by atoms with van der Waals surface area (Å²) in [6, 6.07) is 0. The summed E-state index contributed by atoms with van der Waals surface area (Å²) < 4.78 is 4.98. The summed E-state index contributed by atoms with van der Waals surface area (Å²) in [6.45, 7) is 4.12. The number of ether oxygens (including phenoxy) is 1. The summed E-state index contributed by atoms with van der Waals surface area (Å²) >= 11 is 1.33. The summed E-state index contributed by atoms with van der Waals surface area (Å²) in [4.78, 5) is 8.43. The highest BCUT2D eigenvalue weighted by Gasteiger charge is 2.16. The lowest BCUT2D eigenvalue weighted by Gasteiger charge is -2.15. The third kappa shape index (κ3) is 2.59. The average Bonchev–Trinajstić information content (AvgIpc) is 2.27. The van der Waals surface area contributed by atoms with Crippen molar-refractivity contribution in [1.29, 1.82) is 0 Å². The van der Waals surface area contributed by atoms with Crippen LogP contribution in [0, 0.1) is 0 Å². The summed E-state index contributed by atoms with van der Waals surface area (Å²) in [5.74, 6) is 1.72. The Morgan fingerprint density at radius 2 is 1.93 bits per heavy atom. The van der Waals surface area contributed by atoms with Crippen molar-refractivity contribution < 1.29 is 4.74 Å². The lowest BCUT2D eigenvalue weighted by atomic mass is 10.1. The Morgan fingerprint density at radius 3 is 2.36 bits per heavy atom. The maximum Gasteiger partial charge on any atom is 0.155 e. The van der Waals surface area contributed by atoms with E-state index in [1.165, 1.54) is 11.9 Å². The zero-order valence-electron chi connectivity index (χ0n) is 8.60. The van der Waals surface area contributed by atoms with Gasteiger partial charge in [0.1, 0.15) is 5.82 Å². The van der Waals surface area contributed by atoms with Crippen molar-refractivity contribution in [1.82, 2.24) is 9.97 Å². The zero-order chi connectivity index (χ0) is 10.6. The van der Waals surface area contributed by atoms with Crippen LogP contribution >= 0.6 is 11.9 Å². The predicted molar refractivity (Wildman–Crippen MR) is 58.2 cm³/mol. The fourth-order valence-corrected chi connectivity index (χ4v) is 1.35. The van der Waals surface area contributed by atoms with Crippen molar-refractivity contribution in [3.05, 3.63) is 18.2 Å². The molecule has 1 rings (SSSR count). The molecule has 0 spiro atoms.